The molecule has 1 aromatic carbocycles. The van der Waals surface area contributed by atoms with Gasteiger partial charge in [-0.1, -0.05) is 0 Å². The zero-order valence-corrected chi connectivity index (χ0v) is 13.7. The summed E-state index contributed by atoms with van der Waals surface area (Å²) in [6.07, 6.45) is 6.12. The number of rotatable bonds is 2. The standard InChI is InChI=1S/C19H25NO3/c1-20-17-4-2-13(12-6-8-23-9-7-12)10-15(17)16-11-14(19(21)22)3-5-18(16)20/h3,5,11-13,15,17H,2,4,6-10H2,1H3,(H,21,22)/t13-,15?,17?/m1/s1. The summed E-state index contributed by atoms with van der Waals surface area (Å²) >= 11 is 0. The van der Waals surface area contributed by atoms with Gasteiger partial charge >= 0.3 is 5.97 Å². The zero-order chi connectivity index (χ0) is 16.0. The number of aromatic carboxylic acids is 1. The van der Waals surface area contributed by atoms with Crippen LogP contribution in [0.1, 0.15) is 53.9 Å². The van der Waals surface area contributed by atoms with Crippen molar-refractivity contribution in [2.75, 3.05) is 25.2 Å². The van der Waals surface area contributed by atoms with Gasteiger partial charge in [0.05, 0.1) is 5.56 Å². The second-order valence-electron chi connectivity index (χ2n) is 7.39. The molecule has 124 valence electrons. The number of carboxylic acid groups (broad SMARTS) is 1. The molecule has 0 bridgehead atoms. The molecule has 23 heavy (non-hydrogen) atoms. The van der Waals surface area contributed by atoms with Gasteiger partial charge in [-0.2, -0.15) is 0 Å². The first-order chi connectivity index (χ1) is 11.1. The van der Waals surface area contributed by atoms with E-state index in [1.165, 1.54) is 43.4 Å². The third kappa shape index (κ3) is 2.53. The molecule has 1 saturated carbocycles. The van der Waals surface area contributed by atoms with Crippen molar-refractivity contribution in [3.63, 3.8) is 0 Å². The smallest absolute Gasteiger partial charge is 0.335 e. The Morgan fingerprint density at radius 3 is 2.70 bits per heavy atom. The molecule has 2 unspecified atom stereocenters. The van der Waals surface area contributed by atoms with Crippen LogP contribution in [0.15, 0.2) is 18.2 Å². The molecular formula is C19H25NO3. The van der Waals surface area contributed by atoms with Crippen molar-refractivity contribution in [1.29, 1.82) is 0 Å². The summed E-state index contributed by atoms with van der Waals surface area (Å²) in [4.78, 5) is 13.7. The number of hydrogen-bond acceptors (Lipinski definition) is 3. The van der Waals surface area contributed by atoms with Gasteiger partial charge in [0, 0.05) is 37.9 Å². The van der Waals surface area contributed by atoms with Crippen LogP contribution in [0.4, 0.5) is 5.69 Å². The van der Waals surface area contributed by atoms with Crippen LogP contribution in [0, 0.1) is 11.8 Å². The quantitative estimate of drug-likeness (QED) is 0.907. The minimum atomic E-state index is -0.823. The molecule has 3 aliphatic rings. The molecule has 0 aromatic heterocycles. The largest absolute Gasteiger partial charge is 0.478 e. The minimum absolute atomic E-state index is 0.422. The number of ether oxygens (including phenoxy) is 1. The molecule has 0 amide bonds. The molecule has 3 atom stereocenters. The highest BCUT2D eigenvalue weighted by Crippen LogP contribution is 2.51. The Morgan fingerprint density at radius 1 is 1.17 bits per heavy atom. The van der Waals surface area contributed by atoms with E-state index in [0.717, 1.165) is 25.0 Å². The summed E-state index contributed by atoms with van der Waals surface area (Å²) in [7, 11) is 2.17. The Bertz CT molecular complexity index is 609. The van der Waals surface area contributed by atoms with Gasteiger partial charge in [-0.15, -0.1) is 0 Å². The number of nitrogens with zero attached hydrogens (tertiary/aromatic N) is 1. The van der Waals surface area contributed by atoms with Crippen LogP contribution < -0.4 is 4.90 Å². The number of fused-ring (bicyclic) bond motifs is 3. The molecule has 2 aliphatic heterocycles. The number of likely N-dealkylation sites (N-methyl/N-ethyl adjacent to an activating group) is 1. The summed E-state index contributed by atoms with van der Waals surface area (Å²) in [5, 5.41) is 9.31. The maximum Gasteiger partial charge on any atom is 0.335 e. The van der Waals surface area contributed by atoms with Crippen molar-refractivity contribution in [2.24, 2.45) is 11.8 Å². The van der Waals surface area contributed by atoms with Crippen LogP contribution in [0.5, 0.6) is 0 Å². The average Bonchev–Trinajstić information content (AvgIpc) is 2.87. The summed E-state index contributed by atoms with van der Waals surface area (Å²) in [5.41, 5.74) is 2.91. The topological polar surface area (TPSA) is 49.8 Å². The average molecular weight is 315 g/mol. The van der Waals surface area contributed by atoms with E-state index in [-0.39, 0.29) is 0 Å². The van der Waals surface area contributed by atoms with Gasteiger partial charge in [-0.25, -0.2) is 4.79 Å². The molecule has 1 saturated heterocycles. The number of benzene rings is 1. The number of carboxylic acids is 1. The first kappa shape index (κ1) is 15.0. The number of carbonyl (C=O) groups is 1. The molecule has 4 rings (SSSR count). The molecule has 0 spiro atoms. The van der Waals surface area contributed by atoms with Gasteiger partial charge in [-0.3, -0.25) is 0 Å². The minimum Gasteiger partial charge on any atom is -0.478 e. The van der Waals surface area contributed by atoms with E-state index in [1.54, 1.807) is 6.07 Å². The third-order valence-electron chi connectivity index (χ3n) is 6.34. The molecular weight excluding hydrogens is 290 g/mol. The van der Waals surface area contributed by atoms with Gasteiger partial charge in [0.25, 0.3) is 0 Å². The first-order valence-corrected chi connectivity index (χ1v) is 8.83. The first-order valence-electron chi connectivity index (χ1n) is 8.83. The maximum absolute atomic E-state index is 11.3. The van der Waals surface area contributed by atoms with E-state index in [2.05, 4.69) is 11.9 Å². The van der Waals surface area contributed by atoms with E-state index in [1.807, 2.05) is 12.1 Å². The van der Waals surface area contributed by atoms with Crippen molar-refractivity contribution in [3.8, 4) is 0 Å². The lowest BCUT2D eigenvalue weighted by atomic mass is 9.70. The predicted molar refractivity (Wildman–Crippen MR) is 89.2 cm³/mol. The number of anilines is 1. The normalized spacial score (nSPS) is 30.8. The third-order valence-corrected chi connectivity index (χ3v) is 6.34. The molecule has 4 heteroatoms. The Hall–Kier alpha value is -1.55. The van der Waals surface area contributed by atoms with Crippen molar-refractivity contribution in [1.82, 2.24) is 0 Å². The highest BCUT2D eigenvalue weighted by molar-refractivity contribution is 5.89. The molecule has 2 fully saturated rings. The SMILES string of the molecule is CN1c2ccc(C(=O)O)cc2C2C[C@H](C3CCOCC3)CCC21. The summed E-state index contributed by atoms with van der Waals surface area (Å²) < 4.78 is 5.52. The highest BCUT2D eigenvalue weighted by atomic mass is 16.5. The molecule has 1 N–H and O–H groups in total. The molecule has 1 aliphatic carbocycles. The fourth-order valence-electron chi connectivity index (χ4n) is 5.08. The van der Waals surface area contributed by atoms with E-state index in [4.69, 9.17) is 4.74 Å². The van der Waals surface area contributed by atoms with Crippen molar-refractivity contribution >= 4 is 11.7 Å². The maximum atomic E-state index is 11.3. The van der Waals surface area contributed by atoms with Crippen molar-refractivity contribution in [3.05, 3.63) is 29.3 Å². The van der Waals surface area contributed by atoms with Crippen LogP contribution in [0.25, 0.3) is 0 Å². The van der Waals surface area contributed by atoms with Crippen molar-refractivity contribution in [2.45, 2.75) is 44.1 Å². The van der Waals surface area contributed by atoms with Crippen molar-refractivity contribution < 1.29 is 14.6 Å². The van der Waals surface area contributed by atoms with Crippen LogP contribution >= 0.6 is 0 Å². The van der Waals surface area contributed by atoms with Crippen LogP contribution in [0.2, 0.25) is 0 Å². The lowest BCUT2D eigenvalue weighted by Gasteiger charge is -2.40. The summed E-state index contributed by atoms with van der Waals surface area (Å²) in [6.45, 7) is 1.82. The summed E-state index contributed by atoms with van der Waals surface area (Å²) in [5.74, 6) is 1.24. The highest BCUT2D eigenvalue weighted by Gasteiger charge is 2.42. The van der Waals surface area contributed by atoms with Gasteiger partial charge in [-0.05, 0) is 67.7 Å². The fourth-order valence-corrected chi connectivity index (χ4v) is 5.08. The van der Waals surface area contributed by atoms with Crippen LogP contribution in [-0.4, -0.2) is 37.4 Å². The lowest BCUT2D eigenvalue weighted by molar-refractivity contribution is 0.0361. The van der Waals surface area contributed by atoms with Gasteiger partial charge in [0.1, 0.15) is 0 Å². The zero-order valence-electron chi connectivity index (χ0n) is 13.7. The van der Waals surface area contributed by atoms with E-state index in [0.29, 0.717) is 17.5 Å². The molecule has 2 heterocycles. The Balaban J connectivity index is 1.60. The van der Waals surface area contributed by atoms with Gasteiger partial charge in [0.15, 0.2) is 0 Å². The Labute approximate surface area is 137 Å². The second-order valence-corrected chi connectivity index (χ2v) is 7.39. The molecule has 4 nitrogen and oxygen atoms in total. The predicted octanol–water partition coefficient (Wildman–Crippen LogP) is 3.51. The Kier molecular flexibility index (Phi) is 3.80. The molecule has 1 aromatic rings. The number of hydrogen-bond donors (Lipinski definition) is 1. The second kappa shape index (κ2) is 5.82. The van der Waals surface area contributed by atoms with Crippen LogP contribution in [0.3, 0.4) is 0 Å². The molecule has 0 radical (unpaired) electrons. The van der Waals surface area contributed by atoms with E-state index in [9.17, 15) is 9.90 Å². The van der Waals surface area contributed by atoms with Gasteiger partial charge in [0.2, 0.25) is 0 Å². The Morgan fingerprint density at radius 2 is 1.96 bits per heavy atom. The lowest BCUT2D eigenvalue weighted by Crippen LogP contribution is -2.37. The van der Waals surface area contributed by atoms with Gasteiger partial charge < -0.3 is 14.7 Å². The monoisotopic (exact) mass is 315 g/mol. The van der Waals surface area contributed by atoms with E-state index >= 15 is 0 Å². The van der Waals surface area contributed by atoms with E-state index < -0.39 is 5.97 Å². The summed E-state index contributed by atoms with van der Waals surface area (Å²) in [6, 6.07) is 6.21. The van der Waals surface area contributed by atoms with Crippen LogP contribution in [-0.2, 0) is 4.74 Å². The fraction of sp³-hybridized carbons (Fsp3) is 0.632.